The van der Waals surface area contributed by atoms with Crippen LogP contribution >= 0.6 is 0 Å². The summed E-state index contributed by atoms with van der Waals surface area (Å²) < 4.78 is 6.84. The molecular formula is C33H34O. The van der Waals surface area contributed by atoms with Crippen molar-refractivity contribution in [3.63, 3.8) is 0 Å². The summed E-state index contributed by atoms with van der Waals surface area (Å²) >= 11 is 0. The van der Waals surface area contributed by atoms with E-state index in [9.17, 15) is 0 Å². The Morgan fingerprint density at radius 3 is 2.44 bits per heavy atom. The third kappa shape index (κ3) is 3.28. The molecule has 0 bridgehead atoms. The SMILES string of the molecule is c1ccc(C2=c3cc4c5c(c3Oc3ccccc32)CCCCC=5[C@H]2CCCC2CCCC4)cc1. The fraction of sp³-hybridized carbons (Fsp3) is 0.394. The lowest BCUT2D eigenvalue weighted by atomic mass is 9.82. The second-order valence-electron chi connectivity index (χ2n) is 10.9. The van der Waals surface area contributed by atoms with Gasteiger partial charge in [0, 0.05) is 21.9 Å². The van der Waals surface area contributed by atoms with E-state index in [1.807, 2.05) is 0 Å². The smallest absolute Gasteiger partial charge is 0.139 e. The van der Waals surface area contributed by atoms with Crippen LogP contribution in [-0.4, -0.2) is 0 Å². The van der Waals surface area contributed by atoms with Crippen molar-refractivity contribution >= 4 is 11.1 Å². The van der Waals surface area contributed by atoms with Crippen LogP contribution in [0.1, 0.15) is 80.0 Å². The van der Waals surface area contributed by atoms with E-state index in [2.05, 4.69) is 60.7 Å². The summed E-state index contributed by atoms with van der Waals surface area (Å²) in [5.74, 6) is 3.89. The van der Waals surface area contributed by atoms with Gasteiger partial charge in [0.05, 0.1) is 0 Å². The molecule has 1 fully saturated rings. The lowest BCUT2D eigenvalue weighted by molar-refractivity contribution is 0.412. The van der Waals surface area contributed by atoms with Gasteiger partial charge in [-0.15, -0.1) is 0 Å². The average molecular weight is 447 g/mol. The summed E-state index contributed by atoms with van der Waals surface area (Å²) in [4.78, 5) is 0. The number of benzene rings is 3. The molecule has 0 spiro atoms. The van der Waals surface area contributed by atoms with E-state index in [4.69, 9.17) is 4.74 Å². The van der Waals surface area contributed by atoms with Gasteiger partial charge < -0.3 is 4.74 Å². The minimum Gasteiger partial charge on any atom is -0.456 e. The zero-order chi connectivity index (χ0) is 22.5. The molecule has 1 unspecified atom stereocenters. The molecule has 0 N–H and O–H groups in total. The molecule has 0 amide bonds. The van der Waals surface area contributed by atoms with E-state index in [1.54, 1.807) is 16.4 Å². The van der Waals surface area contributed by atoms with Gasteiger partial charge in [0.15, 0.2) is 0 Å². The molecule has 1 saturated carbocycles. The summed E-state index contributed by atoms with van der Waals surface area (Å²) in [5.41, 5.74) is 8.80. The minimum atomic E-state index is 0.806. The number of rotatable bonds is 1. The quantitative estimate of drug-likeness (QED) is 0.304. The fourth-order valence-electron chi connectivity index (χ4n) is 7.53. The topological polar surface area (TPSA) is 9.23 Å². The Balaban J connectivity index is 1.61. The molecule has 7 rings (SSSR count). The van der Waals surface area contributed by atoms with Crippen LogP contribution in [0.2, 0.25) is 0 Å². The number of hydrogen-bond donors (Lipinski definition) is 0. The fourth-order valence-corrected chi connectivity index (χ4v) is 7.53. The van der Waals surface area contributed by atoms with Crippen molar-refractivity contribution in [2.24, 2.45) is 11.8 Å². The molecule has 1 aliphatic heterocycles. The molecule has 0 aromatic heterocycles. The van der Waals surface area contributed by atoms with Crippen molar-refractivity contribution < 1.29 is 4.74 Å². The van der Waals surface area contributed by atoms with Gasteiger partial charge in [-0.2, -0.15) is 0 Å². The highest BCUT2D eigenvalue weighted by Gasteiger charge is 2.33. The standard InChI is InChI=1S/C33H34O/c1-2-12-23(13-3-1)31-27-17-8-9-20-30(27)34-33-28-18-7-6-16-26-25-19-10-15-22(25)11-4-5-14-24(32(26)28)21-29(31)33/h1-3,8-9,12-13,17,20-22,25H,4-7,10-11,14-16,18-19H2/t22?,25-/m0/s1. The number of para-hydroxylation sites is 1. The Hall–Kier alpha value is -2.80. The van der Waals surface area contributed by atoms with Gasteiger partial charge in [0.2, 0.25) is 0 Å². The number of ether oxygens (including phenoxy) is 1. The van der Waals surface area contributed by atoms with Crippen molar-refractivity contribution in [1.82, 2.24) is 0 Å². The van der Waals surface area contributed by atoms with Gasteiger partial charge in [-0.25, -0.2) is 0 Å². The molecule has 1 heteroatoms. The highest BCUT2D eigenvalue weighted by molar-refractivity contribution is 5.85. The van der Waals surface area contributed by atoms with Crippen molar-refractivity contribution in [3.8, 4) is 11.5 Å². The van der Waals surface area contributed by atoms with Gasteiger partial charge >= 0.3 is 0 Å². The molecule has 4 aliphatic rings. The highest BCUT2D eigenvalue weighted by Crippen LogP contribution is 2.44. The van der Waals surface area contributed by atoms with E-state index >= 15 is 0 Å². The van der Waals surface area contributed by atoms with Crippen LogP contribution in [0.5, 0.6) is 11.5 Å². The third-order valence-electron chi connectivity index (χ3n) is 8.98. The monoisotopic (exact) mass is 446 g/mol. The maximum atomic E-state index is 6.84. The summed E-state index contributed by atoms with van der Waals surface area (Å²) in [6, 6.07) is 22.2. The predicted octanol–water partition coefficient (Wildman–Crippen LogP) is 7.06. The first-order chi connectivity index (χ1) is 16.9. The molecule has 0 radical (unpaired) electrons. The van der Waals surface area contributed by atoms with Gasteiger partial charge in [-0.05, 0) is 98.1 Å². The van der Waals surface area contributed by atoms with Crippen LogP contribution in [0.15, 0.2) is 60.7 Å². The maximum Gasteiger partial charge on any atom is 0.139 e. The molecule has 0 saturated heterocycles. The normalized spacial score (nSPS) is 23.3. The molecular weight excluding hydrogens is 412 g/mol. The summed E-state index contributed by atoms with van der Waals surface area (Å²) in [6.07, 6.45) is 14.7. The Labute approximate surface area is 203 Å². The van der Waals surface area contributed by atoms with Gasteiger partial charge in [-0.1, -0.05) is 66.9 Å². The number of fused-ring (bicyclic) bond motifs is 5. The number of hydrogen-bond acceptors (Lipinski definition) is 1. The lowest BCUT2D eigenvalue weighted by Crippen LogP contribution is -2.29. The van der Waals surface area contributed by atoms with Crippen molar-refractivity contribution in [3.05, 3.63) is 93.4 Å². The van der Waals surface area contributed by atoms with E-state index in [1.165, 1.54) is 91.7 Å². The Bertz CT molecular complexity index is 1360. The lowest BCUT2D eigenvalue weighted by Gasteiger charge is -2.26. The summed E-state index contributed by atoms with van der Waals surface area (Å²) in [5, 5.41) is 2.96. The maximum absolute atomic E-state index is 6.84. The molecule has 1 nitrogen and oxygen atoms in total. The molecule has 3 aliphatic carbocycles. The number of aryl methyl sites for hydroxylation is 1. The molecule has 172 valence electrons. The third-order valence-corrected chi connectivity index (χ3v) is 8.98. The zero-order valence-electron chi connectivity index (χ0n) is 20.1. The van der Waals surface area contributed by atoms with Crippen molar-refractivity contribution in [2.45, 2.75) is 70.6 Å². The molecule has 2 atom stereocenters. The highest BCUT2D eigenvalue weighted by atomic mass is 16.5. The average Bonchev–Trinajstić information content (AvgIpc) is 3.25. The van der Waals surface area contributed by atoms with E-state index in [0.29, 0.717) is 0 Å². The molecule has 3 aromatic rings. The Kier molecular flexibility index (Phi) is 5.11. The summed E-state index contributed by atoms with van der Waals surface area (Å²) in [7, 11) is 0. The summed E-state index contributed by atoms with van der Waals surface area (Å²) in [6.45, 7) is 0. The largest absolute Gasteiger partial charge is 0.456 e. The first kappa shape index (κ1) is 20.6. The zero-order valence-corrected chi connectivity index (χ0v) is 20.1. The Morgan fingerprint density at radius 2 is 1.50 bits per heavy atom. The molecule has 3 aromatic carbocycles. The van der Waals surface area contributed by atoms with E-state index < -0.39 is 0 Å². The van der Waals surface area contributed by atoms with E-state index in [0.717, 1.165) is 29.8 Å². The van der Waals surface area contributed by atoms with Crippen LogP contribution in [-0.2, 0) is 12.8 Å². The second kappa shape index (κ2) is 8.45. The van der Waals surface area contributed by atoms with Crippen molar-refractivity contribution in [1.29, 1.82) is 0 Å². The molecule has 1 heterocycles. The van der Waals surface area contributed by atoms with Crippen LogP contribution in [0.4, 0.5) is 0 Å². The first-order valence-corrected chi connectivity index (χ1v) is 13.6. The van der Waals surface area contributed by atoms with Crippen LogP contribution in [0.25, 0.3) is 11.1 Å². The first-order valence-electron chi connectivity index (χ1n) is 13.6. The van der Waals surface area contributed by atoms with Crippen LogP contribution in [0.3, 0.4) is 0 Å². The Morgan fingerprint density at radius 1 is 0.706 bits per heavy atom. The van der Waals surface area contributed by atoms with Gasteiger partial charge in [0.25, 0.3) is 0 Å². The predicted molar refractivity (Wildman–Crippen MR) is 140 cm³/mol. The van der Waals surface area contributed by atoms with Gasteiger partial charge in [-0.3, -0.25) is 0 Å². The van der Waals surface area contributed by atoms with E-state index in [-0.39, 0.29) is 0 Å². The second-order valence-corrected chi connectivity index (χ2v) is 10.9. The minimum absolute atomic E-state index is 0.806. The molecule has 34 heavy (non-hydrogen) atoms. The van der Waals surface area contributed by atoms with Crippen LogP contribution < -0.4 is 15.2 Å². The van der Waals surface area contributed by atoms with Crippen LogP contribution in [0, 0.1) is 11.8 Å². The van der Waals surface area contributed by atoms with Gasteiger partial charge in [0.1, 0.15) is 11.5 Å². The van der Waals surface area contributed by atoms with Crippen molar-refractivity contribution in [2.75, 3.05) is 0 Å².